The van der Waals surface area contributed by atoms with Gasteiger partial charge in [0.15, 0.2) is 17.0 Å². The van der Waals surface area contributed by atoms with Crippen LogP contribution in [0.5, 0.6) is 0 Å². The fraction of sp³-hybridized carbons (Fsp3) is 0.583. The van der Waals surface area contributed by atoms with Crippen LogP contribution in [0, 0.1) is 5.92 Å². The summed E-state index contributed by atoms with van der Waals surface area (Å²) in [6.45, 7) is 3.87. The van der Waals surface area contributed by atoms with E-state index in [1.807, 2.05) is 11.8 Å². The summed E-state index contributed by atoms with van der Waals surface area (Å²) in [5.74, 6) is 0.612. The lowest BCUT2D eigenvalue weighted by atomic mass is 9.99. The summed E-state index contributed by atoms with van der Waals surface area (Å²) in [5, 5.41) is 9.45. The van der Waals surface area contributed by atoms with Crippen molar-refractivity contribution in [3.63, 3.8) is 0 Å². The highest BCUT2D eigenvalue weighted by atomic mass is 16.7. The molecule has 0 atom stereocenters. The molecular weight excluding hydrogens is 274 g/mol. The summed E-state index contributed by atoms with van der Waals surface area (Å²) >= 11 is 0. The predicted molar refractivity (Wildman–Crippen MR) is 74.3 cm³/mol. The first-order valence-corrected chi connectivity index (χ1v) is 6.76. The van der Waals surface area contributed by atoms with Gasteiger partial charge in [-0.15, -0.1) is 5.10 Å². The third kappa shape index (κ3) is 2.19. The second-order valence-corrected chi connectivity index (χ2v) is 4.89. The molecule has 0 aromatic carbocycles. The lowest BCUT2D eigenvalue weighted by Gasteiger charge is -2.39. The summed E-state index contributed by atoms with van der Waals surface area (Å²) in [7, 11) is 3.09. The molecule has 21 heavy (non-hydrogen) atoms. The van der Waals surface area contributed by atoms with Gasteiger partial charge in [-0.05, 0) is 6.92 Å². The molecular formula is C12H17N7O2. The Labute approximate surface area is 121 Å². The van der Waals surface area contributed by atoms with E-state index >= 15 is 0 Å². The predicted octanol–water partition coefficient (Wildman–Crippen LogP) is -0.303. The molecule has 0 unspecified atom stereocenters. The van der Waals surface area contributed by atoms with Gasteiger partial charge in [0.05, 0.1) is 13.0 Å². The van der Waals surface area contributed by atoms with Gasteiger partial charge >= 0.3 is 0 Å². The van der Waals surface area contributed by atoms with Crippen LogP contribution in [-0.2, 0) is 16.2 Å². The third-order valence-corrected chi connectivity index (χ3v) is 3.69. The van der Waals surface area contributed by atoms with Crippen LogP contribution in [0.1, 0.15) is 6.92 Å². The lowest BCUT2D eigenvalue weighted by Crippen LogP contribution is -2.54. The molecule has 112 valence electrons. The van der Waals surface area contributed by atoms with Crippen molar-refractivity contribution in [2.24, 2.45) is 5.92 Å². The number of aryl methyl sites for hydroxylation is 1. The molecule has 0 spiro atoms. The molecule has 0 N–H and O–H groups in total. The molecule has 9 nitrogen and oxygen atoms in total. The average molecular weight is 291 g/mol. The summed E-state index contributed by atoms with van der Waals surface area (Å²) < 4.78 is 1.72. The van der Waals surface area contributed by atoms with Crippen LogP contribution in [0.4, 0.5) is 5.82 Å². The highest BCUT2D eigenvalue weighted by Gasteiger charge is 2.36. The number of rotatable bonds is 4. The van der Waals surface area contributed by atoms with Crippen LogP contribution in [-0.4, -0.2) is 63.2 Å². The highest BCUT2D eigenvalue weighted by Crippen LogP contribution is 2.28. The van der Waals surface area contributed by atoms with E-state index in [4.69, 9.17) is 4.84 Å². The zero-order valence-corrected chi connectivity index (χ0v) is 12.2. The van der Waals surface area contributed by atoms with Crippen molar-refractivity contribution in [2.75, 3.05) is 32.1 Å². The number of carbonyl (C=O) groups is 1. The van der Waals surface area contributed by atoms with Gasteiger partial charge < -0.3 is 4.90 Å². The maximum Gasteiger partial charge on any atom is 0.252 e. The first-order valence-electron chi connectivity index (χ1n) is 6.76. The minimum atomic E-state index is -0.0822. The van der Waals surface area contributed by atoms with E-state index in [1.54, 1.807) is 11.7 Å². The number of aromatic nitrogens is 5. The van der Waals surface area contributed by atoms with Crippen molar-refractivity contribution in [3.05, 3.63) is 6.33 Å². The number of hydrogen-bond acceptors (Lipinski definition) is 7. The summed E-state index contributed by atoms with van der Waals surface area (Å²) in [6.07, 6.45) is 1.50. The van der Waals surface area contributed by atoms with Crippen LogP contribution in [0.3, 0.4) is 0 Å². The second-order valence-electron chi connectivity index (χ2n) is 4.89. The quantitative estimate of drug-likeness (QED) is 0.714. The summed E-state index contributed by atoms with van der Waals surface area (Å²) in [4.78, 5) is 27.4. The number of nitrogens with zero attached hydrogens (tertiary/aromatic N) is 7. The standard InChI is InChI=1S/C12H17N7O2/c1-4-19-11-9(15-16-19)10(13-7-14-11)18-5-8(6-18)12(20)17(2)21-3/h7-8H,4-6H2,1-3H3. The number of hydroxylamine groups is 2. The van der Waals surface area contributed by atoms with Crippen molar-refractivity contribution < 1.29 is 9.63 Å². The van der Waals surface area contributed by atoms with E-state index in [0.717, 1.165) is 5.82 Å². The van der Waals surface area contributed by atoms with Gasteiger partial charge in [-0.1, -0.05) is 5.21 Å². The number of anilines is 1. The number of carbonyl (C=O) groups excluding carboxylic acids is 1. The molecule has 2 aromatic rings. The van der Waals surface area contributed by atoms with Gasteiger partial charge in [-0.2, -0.15) is 0 Å². The average Bonchev–Trinajstić information content (AvgIpc) is 2.88. The van der Waals surface area contributed by atoms with Crippen LogP contribution in [0.15, 0.2) is 6.33 Å². The fourth-order valence-corrected chi connectivity index (χ4v) is 2.38. The minimum Gasteiger partial charge on any atom is -0.353 e. The van der Waals surface area contributed by atoms with Crippen molar-refractivity contribution in [1.29, 1.82) is 0 Å². The molecule has 9 heteroatoms. The summed E-state index contributed by atoms with van der Waals surface area (Å²) in [6, 6.07) is 0. The molecule has 1 fully saturated rings. The van der Waals surface area contributed by atoms with Gasteiger partial charge in [0, 0.05) is 26.7 Å². The monoisotopic (exact) mass is 291 g/mol. The molecule has 1 aliphatic heterocycles. The lowest BCUT2D eigenvalue weighted by molar-refractivity contribution is -0.174. The smallest absolute Gasteiger partial charge is 0.252 e. The molecule has 1 saturated heterocycles. The molecule has 0 aliphatic carbocycles. The molecule has 3 heterocycles. The topological polar surface area (TPSA) is 89.3 Å². The molecule has 2 aromatic heterocycles. The number of fused-ring (bicyclic) bond motifs is 1. The SMILES string of the molecule is CCn1nnc2c(N3CC(C(=O)N(C)OC)C3)ncnc21. The number of amides is 1. The maximum atomic E-state index is 12.0. The molecule has 1 amide bonds. The second kappa shape index (κ2) is 5.24. The van der Waals surface area contributed by atoms with Gasteiger partial charge in [-0.25, -0.2) is 19.7 Å². The first-order chi connectivity index (χ1) is 10.2. The number of hydrogen-bond donors (Lipinski definition) is 0. The Morgan fingerprint density at radius 2 is 2.24 bits per heavy atom. The maximum absolute atomic E-state index is 12.0. The Bertz CT molecular complexity index is 665. The van der Waals surface area contributed by atoms with E-state index in [1.165, 1.54) is 18.5 Å². The van der Waals surface area contributed by atoms with Crippen molar-refractivity contribution in [2.45, 2.75) is 13.5 Å². The zero-order valence-electron chi connectivity index (χ0n) is 12.2. The van der Waals surface area contributed by atoms with E-state index in [-0.39, 0.29) is 11.8 Å². The van der Waals surface area contributed by atoms with Gasteiger partial charge in [0.1, 0.15) is 6.33 Å². The van der Waals surface area contributed by atoms with E-state index in [2.05, 4.69) is 20.3 Å². The Hall–Kier alpha value is -2.29. The van der Waals surface area contributed by atoms with Crippen molar-refractivity contribution in [1.82, 2.24) is 30.0 Å². The Balaban J connectivity index is 1.78. The first kappa shape index (κ1) is 13.7. The van der Waals surface area contributed by atoms with E-state index in [0.29, 0.717) is 30.8 Å². The molecule has 1 aliphatic rings. The van der Waals surface area contributed by atoms with Crippen molar-refractivity contribution >= 4 is 22.9 Å². The minimum absolute atomic E-state index is 0.0312. The van der Waals surface area contributed by atoms with Gasteiger partial charge in [0.2, 0.25) is 0 Å². The normalized spacial score (nSPS) is 15.3. The van der Waals surface area contributed by atoms with E-state index < -0.39 is 0 Å². The molecule has 0 saturated carbocycles. The van der Waals surface area contributed by atoms with Gasteiger partial charge in [-0.3, -0.25) is 9.63 Å². The van der Waals surface area contributed by atoms with Gasteiger partial charge in [0.25, 0.3) is 5.91 Å². The zero-order chi connectivity index (χ0) is 15.0. The highest BCUT2D eigenvalue weighted by molar-refractivity contribution is 5.86. The van der Waals surface area contributed by atoms with Crippen LogP contribution < -0.4 is 4.90 Å². The third-order valence-electron chi connectivity index (χ3n) is 3.69. The Morgan fingerprint density at radius 3 is 2.90 bits per heavy atom. The Morgan fingerprint density at radius 1 is 1.48 bits per heavy atom. The molecule has 0 bridgehead atoms. The fourth-order valence-electron chi connectivity index (χ4n) is 2.38. The summed E-state index contributed by atoms with van der Waals surface area (Å²) in [5.41, 5.74) is 1.39. The Kier molecular flexibility index (Phi) is 3.42. The van der Waals surface area contributed by atoms with Crippen molar-refractivity contribution in [3.8, 4) is 0 Å². The molecule has 3 rings (SSSR count). The van der Waals surface area contributed by atoms with E-state index in [9.17, 15) is 4.79 Å². The van der Waals surface area contributed by atoms with Crippen LogP contribution in [0.25, 0.3) is 11.2 Å². The largest absolute Gasteiger partial charge is 0.353 e. The molecule has 0 radical (unpaired) electrons. The van der Waals surface area contributed by atoms with Crippen LogP contribution >= 0.6 is 0 Å². The van der Waals surface area contributed by atoms with Crippen LogP contribution in [0.2, 0.25) is 0 Å².